The van der Waals surface area contributed by atoms with Crippen molar-refractivity contribution in [1.82, 2.24) is 9.80 Å². The molecule has 1 aliphatic rings. The van der Waals surface area contributed by atoms with Crippen molar-refractivity contribution in [1.29, 1.82) is 0 Å². The summed E-state index contributed by atoms with van der Waals surface area (Å²) in [5.41, 5.74) is 5.60. The van der Waals surface area contributed by atoms with Crippen LogP contribution in [0.15, 0.2) is 0 Å². The maximum absolute atomic E-state index is 11.7. The lowest BCUT2D eigenvalue weighted by atomic mass is 10.1. The minimum absolute atomic E-state index is 0. The topological polar surface area (TPSA) is 58.8 Å². The predicted octanol–water partition coefficient (Wildman–Crippen LogP) is 0.356. The number of methoxy groups -OCH3 is 1. The molecule has 0 aliphatic carbocycles. The highest BCUT2D eigenvalue weighted by Crippen LogP contribution is 2.09. The number of carbonyl (C=O) groups is 1. The van der Waals surface area contributed by atoms with E-state index in [4.69, 9.17) is 10.5 Å². The molecule has 18 heavy (non-hydrogen) atoms. The Bertz CT molecular complexity index is 242. The quantitative estimate of drug-likeness (QED) is 0.814. The Hall–Kier alpha value is -0.0700. The molecule has 1 rings (SSSR count). The molecule has 1 saturated heterocycles. The van der Waals surface area contributed by atoms with Gasteiger partial charge in [0, 0.05) is 39.3 Å². The Balaban J connectivity index is 0. The first kappa shape index (κ1) is 20.3. The number of hydrogen-bond donors (Lipinski definition) is 1. The average molecular weight is 302 g/mol. The number of carbonyl (C=O) groups excluding carboxylic acids is 1. The Labute approximate surface area is 122 Å². The van der Waals surface area contributed by atoms with Crippen molar-refractivity contribution in [3.8, 4) is 0 Å². The summed E-state index contributed by atoms with van der Waals surface area (Å²) < 4.78 is 5.06. The highest BCUT2D eigenvalue weighted by Gasteiger charge is 2.27. The zero-order valence-electron chi connectivity index (χ0n) is 11.3. The fourth-order valence-corrected chi connectivity index (χ4v) is 2.02. The van der Waals surface area contributed by atoms with Gasteiger partial charge in [0.1, 0.15) is 0 Å². The molecule has 110 valence electrons. The van der Waals surface area contributed by atoms with Crippen molar-refractivity contribution in [2.24, 2.45) is 5.73 Å². The highest BCUT2D eigenvalue weighted by molar-refractivity contribution is 5.85. The van der Waals surface area contributed by atoms with Gasteiger partial charge in [-0.05, 0) is 13.8 Å². The van der Waals surface area contributed by atoms with Gasteiger partial charge in [-0.3, -0.25) is 9.69 Å². The number of ether oxygens (including phenoxy) is 1. The van der Waals surface area contributed by atoms with E-state index < -0.39 is 6.04 Å². The molecule has 0 aromatic carbocycles. The predicted molar refractivity (Wildman–Crippen MR) is 77.6 cm³/mol. The van der Waals surface area contributed by atoms with Gasteiger partial charge in [-0.2, -0.15) is 0 Å². The van der Waals surface area contributed by atoms with Crippen molar-refractivity contribution in [3.63, 3.8) is 0 Å². The third-order valence-corrected chi connectivity index (χ3v) is 3.05. The zero-order valence-corrected chi connectivity index (χ0v) is 12.9. The van der Waals surface area contributed by atoms with Crippen LogP contribution < -0.4 is 5.73 Å². The maximum atomic E-state index is 11.7. The average Bonchev–Trinajstić information content (AvgIpc) is 2.26. The molecule has 2 N–H and O–H groups in total. The summed E-state index contributed by atoms with van der Waals surface area (Å²) in [5, 5.41) is 0. The second-order valence-electron chi connectivity index (χ2n) is 4.45. The van der Waals surface area contributed by atoms with Crippen LogP contribution in [0.2, 0.25) is 0 Å². The number of rotatable bonds is 4. The lowest BCUT2D eigenvalue weighted by Crippen LogP contribution is -2.56. The molecule has 0 aromatic heterocycles. The normalized spacial score (nSPS) is 21.8. The van der Waals surface area contributed by atoms with E-state index in [0.717, 1.165) is 32.8 Å². The first-order chi connectivity index (χ1) is 7.56. The molecule has 5 nitrogen and oxygen atoms in total. The number of hydrogen-bond acceptors (Lipinski definition) is 4. The van der Waals surface area contributed by atoms with Crippen LogP contribution in [0, 0.1) is 0 Å². The first-order valence-corrected chi connectivity index (χ1v) is 5.83. The van der Waals surface area contributed by atoms with Gasteiger partial charge in [0.05, 0.1) is 12.6 Å². The standard InChI is InChI=1S/C11H23N3O2.2ClH/c1-9-8-14(11(15)10(2)12)5-4-13(9)6-7-16-3;;/h9-10H,4-8,12H2,1-3H3;2*1H/t9?,10-;;/m1../s1. The van der Waals surface area contributed by atoms with Crippen LogP contribution in [0.1, 0.15) is 13.8 Å². The molecule has 1 amide bonds. The van der Waals surface area contributed by atoms with Crippen molar-refractivity contribution in [2.75, 3.05) is 39.9 Å². The minimum atomic E-state index is -0.391. The molecule has 1 heterocycles. The number of piperazine rings is 1. The van der Waals surface area contributed by atoms with E-state index in [0.29, 0.717) is 6.04 Å². The molecule has 1 fully saturated rings. The summed E-state index contributed by atoms with van der Waals surface area (Å²) in [6.45, 7) is 7.99. The fraction of sp³-hybridized carbons (Fsp3) is 0.909. The third kappa shape index (κ3) is 5.71. The molecule has 7 heteroatoms. The largest absolute Gasteiger partial charge is 0.383 e. The second kappa shape index (κ2) is 9.81. The number of nitrogens with zero attached hydrogens (tertiary/aromatic N) is 2. The molecule has 0 bridgehead atoms. The number of nitrogens with two attached hydrogens (primary N) is 1. The van der Waals surface area contributed by atoms with E-state index in [9.17, 15) is 4.79 Å². The minimum Gasteiger partial charge on any atom is -0.383 e. The highest BCUT2D eigenvalue weighted by atomic mass is 35.5. The van der Waals surface area contributed by atoms with Crippen molar-refractivity contribution >= 4 is 30.7 Å². The Morgan fingerprint density at radius 2 is 2.06 bits per heavy atom. The van der Waals surface area contributed by atoms with Crippen LogP contribution in [0.5, 0.6) is 0 Å². The van der Waals surface area contributed by atoms with Crippen LogP contribution in [-0.2, 0) is 9.53 Å². The second-order valence-corrected chi connectivity index (χ2v) is 4.45. The smallest absolute Gasteiger partial charge is 0.239 e. The van der Waals surface area contributed by atoms with Crippen LogP contribution in [0.3, 0.4) is 0 Å². The molecule has 0 spiro atoms. The SMILES string of the molecule is COCCN1CCN(C(=O)[C@@H](C)N)CC1C.Cl.Cl. The van der Waals surface area contributed by atoms with E-state index in [1.165, 1.54) is 0 Å². The van der Waals surface area contributed by atoms with E-state index in [1.807, 2.05) is 4.90 Å². The van der Waals surface area contributed by atoms with E-state index in [-0.39, 0.29) is 30.7 Å². The van der Waals surface area contributed by atoms with E-state index in [2.05, 4.69) is 11.8 Å². The van der Waals surface area contributed by atoms with Gasteiger partial charge in [-0.25, -0.2) is 0 Å². The summed E-state index contributed by atoms with van der Waals surface area (Å²) in [5.74, 6) is 0.0539. The fourth-order valence-electron chi connectivity index (χ4n) is 2.02. The Morgan fingerprint density at radius 3 is 2.50 bits per heavy atom. The third-order valence-electron chi connectivity index (χ3n) is 3.05. The molecule has 0 radical (unpaired) electrons. The molecular formula is C11H25Cl2N3O2. The van der Waals surface area contributed by atoms with Gasteiger partial charge < -0.3 is 15.4 Å². The van der Waals surface area contributed by atoms with Crippen LogP contribution in [-0.4, -0.2) is 67.7 Å². The molecular weight excluding hydrogens is 277 g/mol. The first-order valence-electron chi connectivity index (χ1n) is 5.83. The zero-order chi connectivity index (χ0) is 12.1. The van der Waals surface area contributed by atoms with Gasteiger partial charge in [0.15, 0.2) is 0 Å². The van der Waals surface area contributed by atoms with Gasteiger partial charge in [0.2, 0.25) is 5.91 Å². The van der Waals surface area contributed by atoms with Gasteiger partial charge >= 0.3 is 0 Å². The Morgan fingerprint density at radius 1 is 1.44 bits per heavy atom. The summed E-state index contributed by atoms with van der Waals surface area (Å²) >= 11 is 0. The number of amides is 1. The monoisotopic (exact) mass is 301 g/mol. The lowest BCUT2D eigenvalue weighted by Gasteiger charge is -2.40. The van der Waals surface area contributed by atoms with Gasteiger partial charge in [0.25, 0.3) is 0 Å². The Kier molecular flexibility index (Phi) is 11.0. The molecule has 0 saturated carbocycles. The molecule has 1 unspecified atom stereocenters. The van der Waals surface area contributed by atoms with E-state index in [1.54, 1.807) is 14.0 Å². The van der Waals surface area contributed by atoms with Crippen molar-refractivity contribution in [2.45, 2.75) is 25.9 Å². The lowest BCUT2D eigenvalue weighted by molar-refractivity contribution is -0.135. The van der Waals surface area contributed by atoms with Gasteiger partial charge in [-0.1, -0.05) is 0 Å². The van der Waals surface area contributed by atoms with Crippen LogP contribution in [0.25, 0.3) is 0 Å². The van der Waals surface area contributed by atoms with Crippen LogP contribution in [0.4, 0.5) is 0 Å². The maximum Gasteiger partial charge on any atom is 0.239 e. The number of halogens is 2. The summed E-state index contributed by atoms with van der Waals surface area (Å²) in [4.78, 5) is 15.9. The molecule has 1 aliphatic heterocycles. The summed E-state index contributed by atoms with van der Waals surface area (Å²) in [6.07, 6.45) is 0. The summed E-state index contributed by atoms with van der Waals surface area (Å²) in [7, 11) is 1.71. The van der Waals surface area contributed by atoms with Gasteiger partial charge in [-0.15, -0.1) is 24.8 Å². The van der Waals surface area contributed by atoms with Crippen LogP contribution >= 0.6 is 24.8 Å². The van der Waals surface area contributed by atoms with E-state index >= 15 is 0 Å². The van der Waals surface area contributed by atoms with Crippen molar-refractivity contribution < 1.29 is 9.53 Å². The van der Waals surface area contributed by atoms with Crippen molar-refractivity contribution in [3.05, 3.63) is 0 Å². The molecule has 0 aromatic rings. The molecule has 2 atom stereocenters. The summed E-state index contributed by atoms with van der Waals surface area (Å²) in [6, 6.07) is -0.00988.